The molecule has 2 aliphatic carbocycles. The van der Waals surface area contributed by atoms with E-state index >= 15 is 0 Å². The van der Waals surface area contributed by atoms with Gasteiger partial charge in [0.1, 0.15) is 11.6 Å². The predicted molar refractivity (Wildman–Crippen MR) is 110 cm³/mol. The van der Waals surface area contributed by atoms with Crippen molar-refractivity contribution in [1.82, 2.24) is 20.3 Å². The van der Waals surface area contributed by atoms with Crippen LogP contribution in [0.2, 0.25) is 5.02 Å². The van der Waals surface area contributed by atoms with Gasteiger partial charge in [0.25, 0.3) is 6.02 Å². The number of hydrazone groups is 1. The summed E-state index contributed by atoms with van der Waals surface area (Å²) in [5, 5.41) is 19.3. The van der Waals surface area contributed by atoms with E-state index in [2.05, 4.69) is 20.4 Å². The van der Waals surface area contributed by atoms with Gasteiger partial charge in [0.05, 0.1) is 22.2 Å². The summed E-state index contributed by atoms with van der Waals surface area (Å²) >= 11 is 5.76. The second-order valence-electron chi connectivity index (χ2n) is 8.19. The normalized spacial score (nSPS) is 29.4. The van der Waals surface area contributed by atoms with Gasteiger partial charge < -0.3 is 14.8 Å². The van der Waals surface area contributed by atoms with Crippen LogP contribution in [0.4, 0.5) is 4.39 Å². The number of aromatic amines is 2. The monoisotopic (exact) mass is 445 g/mol. The summed E-state index contributed by atoms with van der Waals surface area (Å²) in [5.41, 5.74) is -1.45. The van der Waals surface area contributed by atoms with E-state index in [1.165, 1.54) is 12.1 Å². The van der Waals surface area contributed by atoms with Crippen molar-refractivity contribution < 1.29 is 14.2 Å². The molecular weight excluding hydrogens is 429 g/mol. The van der Waals surface area contributed by atoms with Crippen LogP contribution in [0.5, 0.6) is 11.6 Å². The van der Waals surface area contributed by atoms with Gasteiger partial charge >= 0.3 is 5.69 Å². The Morgan fingerprint density at radius 1 is 1.39 bits per heavy atom. The summed E-state index contributed by atoms with van der Waals surface area (Å²) in [6, 6.07) is 4.51. The molecule has 2 saturated carbocycles. The maximum Gasteiger partial charge on any atom is 0.325 e. The topological polar surface area (TPSA) is 130 Å². The van der Waals surface area contributed by atoms with Crippen LogP contribution in [0.1, 0.15) is 25.0 Å². The molecule has 4 N–H and O–H groups in total. The third-order valence-corrected chi connectivity index (χ3v) is 6.25. The Bertz CT molecular complexity index is 1250. The number of imidazole rings is 1. The van der Waals surface area contributed by atoms with Crippen molar-refractivity contribution >= 4 is 29.8 Å². The number of benzene rings is 1. The highest BCUT2D eigenvalue weighted by atomic mass is 35.5. The first kappa shape index (κ1) is 18.4. The number of rotatable bonds is 4. The maximum atomic E-state index is 13.9. The Morgan fingerprint density at radius 2 is 2.23 bits per heavy atom. The van der Waals surface area contributed by atoms with Crippen molar-refractivity contribution in [2.75, 3.05) is 0 Å². The zero-order chi connectivity index (χ0) is 21.4. The van der Waals surface area contributed by atoms with E-state index in [4.69, 9.17) is 26.3 Å². The number of aromatic hydroxyl groups is 1. The van der Waals surface area contributed by atoms with Gasteiger partial charge in [-0.3, -0.25) is 10.3 Å². The van der Waals surface area contributed by atoms with E-state index in [0.29, 0.717) is 24.5 Å². The number of amidine groups is 1. The first-order valence-electron chi connectivity index (χ1n) is 9.81. The van der Waals surface area contributed by atoms with Crippen LogP contribution in [0.25, 0.3) is 0 Å². The van der Waals surface area contributed by atoms with Crippen molar-refractivity contribution in [3.8, 4) is 11.6 Å². The lowest BCUT2D eigenvalue weighted by atomic mass is 9.99. The maximum absolute atomic E-state index is 13.9. The predicted octanol–water partition coefficient (Wildman–Crippen LogP) is 1.69. The molecule has 2 fully saturated rings. The molecule has 0 radical (unpaired) electrons. The van der Waals surface area contributed by atoms with Crippen molar-refractivity contribution in [2.24, 2.45) is 20.5 Å². The SMILES string of the molecule is O=c1[nH]c(O)c(CC23C=NN4C(=NC5CC5)NC(Oc5ccc(Cl)c(F)c5)=NC42C3)[nH]1. The van der Waals surface area contributed by atoms with Crippen LogP contribution in [0, 0.1) is 11.2 Å². The molecule has 1 aromatic carbocycles. The molecule has 2 aliphatic heterocycles. The molecule has 31 heavy (non-hydrogen) atoms. The fourth-order valence-electron chi connectivity index (χ4n) is 4.13. The van der Waals surface area contributed by atoms with Gasteiger partial charge in [-0.05, 0) is 25.0 Å². The first-order valence-corrected chi connectivity index (χ1v) is 10.2. The number of ether oxygens (including phenoxy) is 1. The highest BCUT2D eigenvalue weighted by molar-refractivity contribution is 6.30. The minimum absolute atomic E-state index is 0.00245. The number of halogens is 2. The molecule has 3 heterocycles. The van der Waals surface area contributed by atoms with Gasteiger partial charge in [-0.15, -0.1) is 0 Å². The van der Waals surface area contributed by atoms with Gasteiger partial charge in [-0.1, -0.05) is 11.6 Å². The molecule has 0 saturated heterocycles. The largest absolute Gasteiger partial charge is 0.493 e. The van der Waals surface area contributed by atoms with Crippen LogP contribution in [-0.2, 0) is 6.42 Å². The molecule has 2 atom stereocenters. The van der Waals surface area contributed by atoms with Crippen LogP contribution >= 0.6 is 11.6 Å². The highest BCUT2D eigenvalue weighted by Crippen LogP contribution is 2.65. The average molecular weight is 446 g/mol. The van der Waals surface area contributed by atoms with Gasteiger partial charge in [-0.2, -0.15) is 5.10 Å². The minimum Gasteiger partial charge on any atom is -0.493 e. The molecule has 160 valence electrons. The fourth-order valence-corrected chi connectivity index (χ4v) is 4.25. The molecule has 0 amide bonds. The second-order valence-corrected chi connectivity index (χ2v) is 8.60. The average Bonchev–Trinajstić information content (AvgIpc) is 3.58. The molecule has 1 aromatic heterocycles. The molecule has 12 heteroatoms. The Kier molecular flexibility index (Phi) is 3.62. The van der Waals surface area contributed by atoms with Gasteiger partial charge in [0, 0.05) is 25.1 Å². The van der Waals surface area contributed by atoms with E-state index < -0.39 is 22.6 Å². The Balaban J connectivity index is 1.36. The standard InChI is InChI=1S/C19H17ClFN7O3/c20-11-4-3-10(5-12(11)21)31-17-26-15(23-9-1-2-9)28-19(27-17)7-18(19,8-22-28)6-13-14(29)25-16(30)24-13/h3-5,8-9,29H,1-2,6-7H2,(H,23,26,27)(H2,24,25,30). The van der Waals surface area contributed by atoms with Crippen molar-refractivity contribution in [3.05, 3.63) is 45.2 Å². The summed E-state index contributed by atoms with van der Waals surface area (Å²) in [5.74, 6) is -0.0591. The van der Waals surface area contributed by atoms with Gasteiger partial charge in [0.15, 0.2) is 5.66 Å². The molecule has 0 bridgehead atoms. The smallest absolute Gasteiger partial charge is 0.325 e. The second kappa shape index (κ2) is 6.10. The summed E-state index contributed by atoms with van der Waals surface area (Å²) < 4.78 is 19.7. The molecule has 10 nitrogen and oxygen atoms in total. The third kappa shape index (κ3) is 2.83. The summed E-state index contributed by atoms with van der Waals surface area (Å²) in [7, 11) is 0. The van der Waals surface area contributed by atoms with Crippen LogP contribution in [-0.4, -0.2) is 50.0 Å². The zero-order valence-electron chi connectivity index (χ0n) is 16.0. The first-order chi connectivity index (χ1) is 14.9. The highest BCUT2D eigenvalue weighted by Gasteiger charge is 2.76. The van der Waals surface area contributed by atoms with E-state index in [1.54, 1.807) is 17.3 Å². The summed E-state index contributed by atoms with van der Waals surface area (Å²) in [4.78, 5) is 25.9. The molecule has 2 aromatic rings. The molecular formula is C19H17ClFN7O3. The number of hydrogen-bond donors (Lipinski definition) is 4. The number of guanidine groups is 1. The summed E-state index contributed by atoms with van der Waals surface area (Å²) in [6.07, 6.45) is 4.67. The Hall–Kier alpha value is -3.34. The van der Waals surface area contributed by atoms with Crippen molar-refractivity contribution in [3.63, 3.8) is 0 Å². The number of nitrogens with zero attached hydrogens (tertiary/aromatic N) is 4. The van der Waals surface area contributed by atoms with E-state index in [0.717, 1.165) is 12.8 Å². The Morgan fingerprint density at radius 3 is 2.94 bits per heavy atom. The fraction of sp³-hybridized carbons (Fsp3) is 0.368. The van der Waals surface area contributed by atoms with E-state index in [1.807, 2.05) is 0 Å². The van der Waals surface area contributed by atoms with Crippen molar-refractivity contribution in [1.29, 1.82) is 0 Å². The number of aromatic nitrogens is 2. The Labute approximate surface area is 179 Å². The lowest BCUT2D eigenvalue weighted by Crippen LogP contribution is -2.54. The number of aliphatic imine (C=N–C) groups is 2. The number of H-pyrrole nitrogens is 2. The quantitative estimate of drug-likeness (QED) is 0.569. The zero-order valence-corrected chi connectivity index (χ0v) is 16.8. The van der Waals surface area contributed by atoms with Gasteiger partial charge in [0.2, 0.25) is 11.8 Å². The van der Waals surface area contributed by atoms with Crippen LogP contribution < -0.4 is 15.7 Å². The molecule has 4 aliphatic rings. The molecule has 1 spiro atoms. The lowest BCUT2D eigenvalue weighted by molar-refractivity contribution is 0.271. The number of hydrogen-bond acceptors (Lipinski definition) is 6. The van der Waals surface area contributed by atoms with Crippen molar-refractivity contribution in [2.45, 2.75) is 37.4 Å². The third-order valence-electron chi connectivity index (χ3n) is 5.94. The van der Waals surface area contributed by atoms with Gasteiger partial charge in [-0.25, -0.2) is 24.2 Å². The van der Waals surface area contributed by atoms with Crippen LogP contribution in [0.3, 0.4) is 0 Å². The molecule has 6 rings (SSSR count). The van der Waals surface area contributed by atoms with Crippen LogP contribution in [0.15, 0.2) is 38.1 Å². The minimum atomic E-state index is -0.799. The number of nitrogens with one attached hydrogen (secondary N) is 3. The molecule has 2 unspecified atom stereocenters. The lowest BCUT2D eigenvalue weighted by Gasteiger charge is -2.31. The van der Waals surface area contributed by atoms with E-state index in [-0.39, 0.29) is 28.7 Å². The summed E-state index contributed by atoms with van der Waals surface area (Å²) in [6.45, 7) is 0. The van der Waals surface area contributed by atoms with E-state index in [9.17, 15) is 14.3 Å².